The number of carbonyl (C=O) groups excluding carboxylic acids is 1. The minimum atomic E-state index is -0.577. The van der Waals surface area contributed by atoms with Gasteiger partial charge in [0.25, 0.3) is 0 Å². The number of nitrogens with one attached hydrogen (secondary N) is 1. The second-order valence-electron chi connectivity index (χ2n) is 5.38. The summed E-state index contributed by atoms with van der Waals surface area (Å²) in [6.45, 7) is 3.30. The topological polar surface area (TPSA) is 87.8 Å². The average molecular weight is 277 g/mol. The molecule has 0 spiro atoms. The van der Waals surface area contributed by atoms with Crippen LogP contribution in [0, 0.1) is 0 Å². The second-order valence-corrected chi connectivity index (χ2v) is 5.38. The van der Waals surface area contributed by atoms with Crippen LogP contribution in [-0.2, 0) is 9.53 Å². The summed E-state index contributed by atoms with van der Waals surface area (Å²) in [6, 6.07) is 5.45. The molecule has 0 aliphatic carbocycles. The molecule has 0 radical (unpaired) electrons. The quantitative estimate of drug-likeness (QED) is 0.720. The van der Waals surface area contributed by atoms with Gasteiger partial charge in [-0.25, -0.2) is 0 Å². The Balaban J connectivity index is 1.87. The molecule has 1 saturated heterocycles. The first-order valence-electron chi connectivity index (χ1n) is 6.79. The average Bonchev–Trinajstić information content (AvgIpc) is 2.74. The van der Waals surface area contributed by atoms with Gasteiger partial charge in [-0.15, -0.1) is 0 Å². The number of rotatable bonds is 2. The van der Waals surface area contributed by atoms with Crippen LogP contribution in [0.3, 0.4) is 0 Å². The maximum absolute atomic E-state index is 11.6. The van der Waals surface area contributed by atoms with Gasteiger partial charge in [-0.1, -0.05) is 6.07 Å². The van der Waals surface area contributed by atoms with Gasteiger partial charge in [0.15, 0.2) is 0 Å². The Bertz CT molecular complexity index is 534. The lowest BCUT2D eigenvalue weighted by Gasteiger charge is -2.39. The maximum Gasteiger partial charge on any atom is 0.245 e. The van der Waals surface area contributed by atoms with Crippen LogP contribution in [0.5, 0.6) is 0 Å². The molecule has 1 aromatic rings. The van der Waals surface area contributed by atoms with Crippen LogP contribution >= 0.6 is 0 Å². The van der Waals surface area contributed by atoms with Crippen molar-refractivity contribution >= 4 is 17.3 Å². The molecule has 2 heterocycles. The lowest BCUT2D eigenvalue weighted by molar-refractivity contribution is -0.116. The van der Waals surface area contributed by atoms with Gasteiger partial charge in [0, 0.05) is 29.5 Å². The van der Waals surface area contributed by atoms with E-state index in [2.05, 4.69) is 17.1 Å². The Labute approximate surface area is 117 Å². The maximum atomic E-state index is 11.6. The van der Waals surface area contributed by atoms with Crippen molar-refractivity contribution in [2.24, 2.45) is 5.73 Å². The molecule has 2 aliphatic rings. The Morgan fingerprint density at radius 3 is 3.10 bits per heavy atom. The molecule has 0 bridgehead atoms. The number of nitrogens with zero attached hydrogens (tertiary/aromatic N) is 1. The van der Waals surface area contributed by atoms with Crippen molar-refractivity contribution in [3.63, 3.8) is 0 Å². The lowest BCUT2D eigenvalue weighted by Crippen LogP contribution is -2.49. The van der Waals surface area contributed by atoms with E-state index in [1.54, 1.807) is 0 Å². The van der Waals surface area contributed by atoms with Gasteiger partial charge in [0.1, 0.15) is 6.04 Å². The third kappa shape index (κ3) is 2.15. The van der Waals surface area contributed by atoms with E-state index < -0.39 is 6.04 Å². The molecule has 1 fully saturated rings. The summed E-state index contributed by atoms with van der Waals surface area (Å²) in [6.07, 6.45) is -0.170. The van der Waals surface area contributed by atoms with E-state index in [0.717, 1.165) is 16.9 Å². The highest BCUT2D eigenvalue weighted by Crippen LogP contribution is 2.34. The number of morpholine rings is 1. The Morgan fingerprint density at radius 1 is 1.55 bits per heavy atom. The van der Waals surface area contributed by atoms with E-state index in [0.29, 0.717) is 13.2 Å². The fraction of sp³-hybridized carbons (Fsp3) is 0.500. The molecule has 3 unspecified atom stereocenters. The van der Waals surface area contributed by atoms with Crippen molar-refractivity contribution in [2.45, 2.75) is 25.1 Å². The van der Waals surface area contributed by atoms with Crippen LogP contribution in [0.25, 0.3) is 0 Å². The number of fused-ring (bicyclic) bond motifs is 1. The number of aliphatic hydroxyl groups excluding tert-OH is 1. The molecule has 6 nitrogen and oxygen atoms in total. The monoisotopic (exact) mass is 277 g/mol. The second kappa shape index (κ2) is 5.05. The van der Waals surface area contributed by atoms with Gasteiger partial charge in [-0.2, -0.15) is 0 Å². The van der Waals surface area contributed by atoms with Crippen molar-refractivity contribution < 1.29 is 14.6 Å². The molecule has 6 heteroatoms. The van der Waals surface area contributed by atoms with E-state index in [-0.39, 0.29) is 24.7 Å². The number of hydrogen-bond acceptors (Lipinski definition) is 5. The van der Waals surface area contributed by atoms with E-state index in [1.165, 1.54) is 0 Å². The minimum absolute atomic E-state index is 0.00969. The molecule has 3 rings (SSSR count). The fourth-order valence-corrected chi connectivity index (χ4v) is 2.74. The summed E-state index contributed by atoms with van der Waals surface area (Å²) in [7, 11) is 0. The van der Waals surface area contributed by atoms with Crippen molar-refractivity contribution in [1.82, 2.24) is 0 Å². The van der Waals surface area contributed by atoms with E-state index >= 15 is 0 Å². The minimum Gasteiger partial charge on any atom is -0.394 e. The number of aliphatic hydroxyl groups is 1. The number of ether oxygens (including phenoxy) is 1. The molecule has 2 aliphatic heterocycles. The highest BCUT2D eigenvalue weighted by atomic mass is 16.5. The van der Waals surface area contributed by atoms with Crippen molar-refractivity contribution in [3.8, 4) is 0 Å². The lowest BCUT2D eigenvalue weighted by atomic mass is 10.1. The summed E-state index contributed by atoms with van der Waals surface area (Å²) in [5.74, 6) is -0.166. The standard InChI is InChI=1S/C14H19N3O3/c1-8-7-20-10(6-18)5-17(8)9-2-3-11-12(4-9)16-14(19)13(11)15/h2-4,8,10,13,18H,5-7,15H2,1H3,(H,16,19). The van der Waals surface area contributed by atoms with Crippen molar-refractivity contribution in [2.75, 3.05) is 30.0 Å². The summed E-state index contributed by atoms with van der Waals surface area (Å²) in [5.41, 5.74) is 8.43. The summed E-state index contributed by atoms with van der Waals surface area (Å²) in [4.78, 5) is 13.8. The van der Waals surface area contributed by atoms with Gasteiger partial charge in [-0.3, -0.25) is 4.79 Å². The molecule has 1 amide bonds. The van der Waals surface area contributed by atoms with E-state index in [4.69, 9.17) is 10.5 Å². The zero-order valence-electron chi connectivity index (χ0n) is 11.4. The zero-order valence-corrected chi connectivity index (χ0v) is 11.4. The highest BCUT2D eigenvalue weighted by molar-refractivity contribution is 6.02. The smallest absolute Gasteiger partial charge is 0.245 e. The Kier molecular flexibility index (Phi) is 3.37. The molecule has 3 atom stereocenters. The number of benzene rings is 1. The SMILES string of the molecule is CC1COC(CO)CN1c1ccc2c(c1)NC(=O)C2N. The van der Waals surface area contributed by atoms with E-state index in [9.17, 15) is 9.90 Å². The van der Waals surface area contributed by atoms with Crippen molar-refractivity contribution in [1.29, 1.82) is 0 Å². The Hall–Kier alpha value is -1.63. The van der Waals surface area contributed by atoms with Crippen LogP contribution in [-0.4, -0.2) is 42.9 Å². The molecular weight excluding hydrogens is 258 g/mol. The molecule has 1 aromatic carbocycles. The number of nitrogens with two attached hydrogens (primary N) is 1. The summed E-state index contributed by atoms with van der Waals surface area (Å²) in [5, 5.41) is 12.0. The normalized spacial score (nSPS) is 29.2. The molecule has 108 valence electrons. The van der Waals surface area contributed by atoms with E-state index in [1.807, 2.05) is 18.2 Å². The molecule has 4 N–H and O–H groups in total. The van der Waals surface area contributed by atoms with Gasteiger partial charge in [0.2, 0.25) is 5.91 Å². The molecule has 0 aromatic heterocycles. The third-order valence-electron chi connectivity index (χ3n) is 3.95. The molecular formula is C14H19N3O3. The molecule has 20 heavy (non-hydrogen) atoms. The fourth-order valence-electron chi connectivity index (χ4n) is 2.74. The summed E-state index contributed by atoms with van der Waals surface area (Å²) < 4.78 is 5.54. The van der Waals surface area contributed by atoms with Gasteiger partial charge < -0.3 is 25.8 Å². The van der Waals surface area contributed by atoms with Crippen LogP contribution in [0.15, 0.2) is 18.2 Å². The Morgan fingerprint density at radius 2 is 2.35 bits per heavy atom. The summed E-state index contributed by atoms with van der Waals surface area (Å²) >= 11 is 0. The molecule has 0 saturated carbocycles. The number of amides is 1. The predicted octanol–water partition coefficient (Wildman–Crippen LogP) is 0.224. The van der Waals surface area contributed by atoms with Gasteiger partial charge >= 0.3 is 0 Å². The number of anilines is 2. The van der Waals surface area contributed by atoms with Gasteiger partial charge in [0.05, 0.1) is 19.3 Å². The highest BCUT2D eigenvalue weighted by Gasteiger charge is 2.30. The zero-order chi connectivity index (χ0) is 14.3. The van der Waals surface area contributed by atoms with Crippen LogP contribution in [0.4, 0.5) is 11.4 Å². The first-order valence-corrected chi connectivity index (χ1v) is 6.79. The first-order chi connectivity index (χ1) is 9.60. The third-order valence-corrected chi connectivity index (χ3v) is 3.95. The van der Waals surface area contributed by atoms with Crippen molar-refractivity contribution in [3.05, 3.63) is 23.8 Å². The predicted molar refractivity (Wildman–Crippen MR) is 75.6 cm³/mol. The number of carbonyl (C=O) groups is 1. The largest absolute Gasteiger partial charge is 0.394 e. The number of hydrogen-bond donors (Lipinski definition) is 3. The van der Waals surface area contributed by atoms with Gasteiger partial charge in [-0.05, 0) is 19.1 Å². The van der Waals surface area contributed by atoms with Crippen LogP contribution in [0.2, 0.25) is 0 Å². The van der Waals surface area contributed by atoms with Crippen LogP contribution in [0.1, 0.15) is 18.5 Å². The van der Waals surface area contributed by atoms with Crippen LogP contribution < -0.4 is 16.0 Å². The first kappa shape index (κ1) is 13.4.